The fourth-order valence-corrected chi connectivity index (χ4v) is 1.56. The molecule has 0 saturated carbocycles. The van der Waals surface area contributed by atoms with E-state index in [1.807, 2.05) is 13.0 Å². The van der Waals surface area contributed by atoms with E-state index in [4.69, 9.17) is 4.52 Å². The van der Waals surface area contributed by atoms with E-state index in [9.17, 15) is 4.79 Å². The van der Waals surface area contributed by atoms with Gasteiger partial charge in [-0.15, -0.1) is 0 Å². The zero-order valence-corrected chi connectivity index (χ0v) is 10.7. The number of aryl methyl sites for hydroxylation is 1. The van der Waals surface area contributed by atoms with Gasteiger partial charge in [-0.1, -0.05) is 19.0 Å². The van der Waals surface area contributed by atoms with Crippen molar-refractivity contribution in [2.45, 2.75) is 46.1 Å². The molecule has 0 unspecified atom stereocenters. The second-order valence-electron chi connectivity index (χ2n) is 4.10. The largest absolute Gasteiger partial charge is 0.361 e. The van der Waals surface area contributed by atoms with Crippen molar-refractivity contribution in [2.75, 3.05) is 6.54 Å². The van der Waals surface area contributed by atoms with E-state index in [2.05, 4.69) is 29.6 Å². The number of hydrogen-bond acceptors (Lipinski definition) is 3. The smallest absolute Gasteiger partial charge is 0.315 e. The van der Waals surface area contributed by atoms with E-state index in [0.29, 0.717) is 13.0 Å². The van der Waals surface area contributed by atoms with Crippen LogP contribution in [-0.2, 0) is 6.42 Å². The summed E-state index contributed by atoms with van der Waals surface area (Å²) in [6.07, 6.45) is 2.56. The SMILES string of the molecule is CCC(CC)NC(=O)NCCc1cc(C)no1. The molecule has 17 heavy (non-hydrogen) atoms. The van der Waals surface area contributed by atoms with Crippen molar-refractivity contribution < 1.29 is 9.32 Å². The molecule has 0 aliphatic carbocycles. The summed E-state index contributed by atoms with van der Waals surface area (Å²) in [6.45, 7) is 6.55. The molecule has 96 valence electrons. The predicted molar refractivity (Wildman–Crippen MR) is 65.8 cm³/mol. The third kappa shape index (κ3) is 4.89. The first-order chi connectivity index (χ1) is 8.15. The van der Waals surface area contributed by atoms with Gasteiger partial charge in [0.2, 0.25) is 0 Å². The van der Waals surface area contributed by atoms with Crippen LogP contribution in [0.2, 0.25) is 0 Å². The number of carbonyl (C=O) groups excluding carboxylic acids is 1. The van der Waals surface area contributed by atoms with E-state index < -0.39 is 0 Å². The van der Waals surface area contributed by atoms with Crippen molar-refractivity contribution in [1.29, 1.82) is 0 Å². The Morgan fingerprint density at radius 3 is 2.71 bits per heavy atom. The van der Waals surface area contributed by atoms with Gasteiger partial charge in [-0.2, -0.15) is 0 Å². The standard InChI is InChI=1S/C12H21N3O2/c1-4-10(5-2)14-12(16)13-7-6-11-8-9(3)15-17-11/h8,10H,4-7H2,1-3H3,(H2,13,14,16). The van der Waals surface area contributed by atoms with Gasteiger partial charge in [0.25, 0.3) is 0 Å². The van der Waals surface area contributed by atoms with Crippen LogP contribution in [0.3, 0.4) is 0 Å². The maximum atomic E-state index is 11.5. The molecule has 0 spiro atoms. The molecule has 1 rings (SSSR count). The van der Waals surface area contributed by atoms with Crippen LogP contribution in [0.25, 0.3) is 0 Å². The Kier molecular flexibility index (Phi) is 5.52. The lowest BCUT2D eigenvalue weighted by Crippen LogP contribution is -2.42. The minimum absolute atomic E-state index is 0.116. The lowest BCUT2D eigenvalue weighted by molar-refractivity contribution is 0.236. The van der Waals surface area contributed by atoms with Crippen molar-refractivity contribution in [3.63, 3.8) is 0 Å². The fourth-order valence-electron chi connectivity index (χ4n) is 1.56. The number of urea groups is 1. The second-order valence-corrected chi connectivity index (χ2v) is 4.10. The van der Waals surface area contributed by atoms with Crippen LogP contribution in [0.4, 0.5) is 4.79 Å². The summed E-state index contributed by atoms with van der Waals surface area (Å²) in [5.41, 5.74) is 0.862. The first-order valence-corrected chi connectivity index (χ1v) is 6.12. The van der Waals surface area contributed by atoms with Crippen LogP contribution in [-0.4, -0.2) is 23.8 Å². The molecule has 0 radical (unpaired) electrons. The van der Waals surface area contributed by atoms with Gasteiger partial charge in [0.1, 0.15) is 5.76 Å². The van der Waals surface area contributed by atoms with Crippen LogP contribution < -0.4 is 10.6 Å². The summed E-state index contributed by atoms with van der Waals surface area (Å²) in [7, 11) is 0. The monoisotopic (exact) mass is 239 g/mol. The zero-order valence-electron chi connectivity index (χ0n) is 10.7. The molecular formula is C12H21N3O2. The number of hydrogen-bond donors (Lipinski definition) is 2. The molecule has 2 N–H and O–H groups in total. The van der Waals surface area contributed by atoms with E-state index in [1.54, 1.807) is 0 Å². The van der Waals surface area contributed by atoms with Gasteiger partial charge in [-0.3, -0.25) is 0 Å². The first kappa shape index (κ1) is 13.5. The lowest BCUT2D eigenvalue weighted by Gasteiger charge is -2.14. The maximum absolute atomic E-state index is 11.5. The molecule has 1 aromatic heterocycles. The van der Waals surface area contributed by atoms with Gasteiger partial charge in [0, 0.05) is 25.1 Å². The molecule has 0 fully saturated rings. The van der Waals surface area contributed by atoms with Gasteiger partial charge >= 0.3 is 6.03 Å². The van der Waals surface area contributed by atoms with Crippen LogP contribution in [0, 0.1) is 6.92 Å². The number of rotatable bonds is 6. The Labute approximate surface area is 102 Å². The van der Waals surface area contributed by atoms with Crippen molar-refractivity contribution in [3.05, 3.63) is 17.5 Å². The highest BCUT2D eigenvalue weighted by atomic mass is 16.5. The summed E-state index contributed by atoms with van der Waals surface area (Å²) >= 11 is 0. The van der Waals surface area contributed by atoms with Crippen LogP contribution in [0.1, 0.15) is 38.1 Å². The fraction of sp³-hybridized carbons (Fsp3) is 0.667. The predicted octanol–water partition coefficient (Wildman–Crippen LogP) is 2.01. The van der Waals surface area contributed by atoms with Crippen LogP contribution in [0.5, 0.6) is 0 Å². The average molecular weight is 239 g/mol. The van der Waals surface area contributed by atoms with Crippen molar-refractivity contribution in [3.8, 4) is 0 Å². The van der Waals surface area contributed by atoms with E-state index in [1.165, 1.54) is 0 Å². The summed E-state index contributed by atoms with van der Waals surface area (Å²) in [6, 6.07) is 2.01. The molecule has 0 bridgehead atoms. The molecule has 2 amide bonds. The lowest BCUT2D eigenvalue weighted by atomic mass is 10.2. The summed E-state index contributed by atoms with van der Waals surface area (Å²) < 4.78 is 5.05. The molecule has 0 aliphatic rings. The van der Waals surface area contributed by atoms with Gasteiger partial charge in [-0.25, -0.2) is 4.79 Å². The van der Waals surface area contributed by atoms with Crippen molar-refractivity contribution >= 4 is 6.03 Å². The molecular weight excluding hydrogens is 218 g/mol. The Hall–Kier alpha value is -1.52. The zero-order chi connectivity index (χ0) is 12.7. The highest BCUT2D eigenvalue weighted by Crippen LogP contribution is 2.01. The van der Waals surface area contributed by atoms with Crippen LogP contribution >= 0.6 is 0 Å². The summed E-state index contributed by atoms with van der Waals surface area (Å²) in [5.74, 6) is 0.797. The average Bonchev–Trinajstić information content (AvgIpc) is 2.72. The number of nitrogens with zero attached hydrogens (tertiary/aromatic N) is 1. The second kappa shape index (κ2) is 6.93. The minimum Gasteiger partial charge on any atom is -0.361 e. The summed E-state index contributed by atoms with van der Waals surface area (Å²) in [4.78, 5) is 11.5. The molecule has 1 heterocycles. The Bertz CT molecular complexity index is 345. The number of carbonyl (C=O) groups is 1. The molecule has 0 aromatic carbocycles. The Morgan fingerprint density at radius 1 is 1.47 bits per heavy atom. The van der Waals surface area contributed by atoms with Gasteiger partial charge in [-0.05, 0) is 19.8 Å². The molecule has 0 saturated heterocycles. The third-order valence-corrected chi connectivity index (χ3v) is 2.65. The van der Waals surface area contributed by atoms with Crippen molar-refractivity contribution in [1.82, 2.24) is 15.8 Å². The molecule has 0 aliphatic heterocycles. The van der Waals surface area contributed by atoms with Gasteiger partial charge in [0.15, 0.2) is 0 Å². The molecule has 0 atom stereocenters. The van der Waals surface area contributed by atoms with E-state index in [-0.39, 0.29) is 12.1 Å². The minimum atomic E-state index is -0.116. The van der Waals surface area contributed by atoms with E-state index >= 15 is 0 Å². The van der Waals surface area contributed by atoms with Crippen LogP contribution in [0.15, 0.2) is 10.6 Å². The highest BCUT2D eigenvalue weighted by Gasteiger charge is 2.07. The normalized spacial score (nSPS) is 10.6. The number of amides is 2. The quantitative estimate of drug-likeness (QED) is 0.798. The van der Waals surface area contributed by atoms with Gasteiger partial charge in [0.05, 0.1) is 5.69 Å². The maximum Gasteiger partial charge on any atom is 0.315 e. The first-order valence-electron chi connectivity index (χ1n) is 6.12. The Morgan fingerprint density at radius 2 is 2.18 bits per heavy atom. The van der Waals surface area contributed by atoms with Gasteiger partial charge < -0.3 is 15.2 Å². The summed E-state index contributed by atoms with van der Waals surface area (Å²) in [5, 5.41) is 9.50. The highest BCUT2D eigenvalue weighted by molar-refractivity contribution is 5.74. The number of aromatic nitrogens is 1. The van der Waals surface area contributed by atoms with Crippen molar-refractivity contribution in [2.24, 2.45) is 0 Å². The Balaban J connectivity index is 2.20. The molecule has 5 nitrogen and oxygen atoms in total. The molecule has 5 heteroatoms. The topological polar surface area (TPSA) is 67.2 Å². The number of nitrogens with one attached hydrogen (secondary N) is 2. The van der Waals surface area contributed by atoms with E-state index in [0.717, 1.165) is 24.3 Å². The third-order valence-electron chi connectivity index (χ3n) is 2.65. The molecule has 1 aromatic rings.